The fraction of sp³-hybridized carbons (Fsp3) is 0.381. The molecule has 32 heavy (non-hydrogen) atoms. The summed E-state index contributed by atoms with van der Waals surface area (Å²) < 4.78 is 6.25. The van der Waals surface area contributed by atoms with Gasteiger partial charge in [0.05, 0.1) is 22.6 Å². The molecule has 166 valence electrons. The predicted molar refractivity (Wildman–Crippen MR) is 125 cm³/mol. The minimum atomic E-state index is -0.257. The van der Waals surface area contributed by atoms with E-state index in [1.807, 2.05) is 36.6 Å². The molecule has 0 radical (unpaired) electrons. The zero-order chi connectivity index (χ0) is 22.1. The highest BCUT2D eigenvalue weighted by Gasteiger charge is 2.36. The Balaban J connectivity index is 1.28. The number of hydrogen-bond donors (Lipinski definition) is 0. The Morgan fingerprint density at radius 2 is 2.16 bits per heavy atom. The topological polar surface area (TPSA) is 91.9 Å². The molecule has 0 bridgehead atoms. The lowest BCUT2D eigenvalue weighted by atomic mass is 10.1. The minimum absolute atomic E-state index is 0.0603. The molecular weight excluding hydrogens is 466 g/mol. The van der Waals surface area contributed by atoms with Gasteiger partial charge in [0.1, 0.15) is 11.8 Å². The smallest absolute Gasteiger partial charge is 0.253 e. The third kappa shape index (κ3) is 4.37. The van der Waals surface area contributed by atoms with Crippen molar-refractivity contribution in [1.82, 2.24) is 15.2 Å². The van der Waals surface area contributed by atoms with Gasteiger partial charge >= 0.3 is 0 Å². The Morgan fingerprint density at radius 1 is 1.28 bits per heavy atom. The molecule has 0 aromatic carbocycles. The molecule has 0 spiro atoms. The highest BCUT2D eigenvalue weighted by Crippen LogP contribution is 2.38. The van der Waals surface area contributed by atoms with Gasteiger partial charge in [0.25, 0.3) is 5.91 Å². The number of amides is 2. The van der Waals surface area contributed by atoms with Gasteiger partial charge in [-0.05, 0) is 36.4 Å². The summed E-state index contributed by atoms with van der Waals surface area (Å²) in [6.07, 6.45) is 4.66. The molecular formula is C21H21N5O3S3. The van der Waals surface area contributed by atoms with Crippen molar-refractivity contribution in [1.29, 1.82) is 0 Å². The first-order valence-electron chi connectivity index (χ1n) is 10.4. The van der Waals surface area contributed by atoms with Gasteiger partial charge in [0, 0.05) is 18.9 Å². The number of hydrazone groups is 1. The van der Waals surface area contributed by atoms with Gasteiger partial charge in [0.15, 0.2) is 4.34 Å². The first kappa shape index (κ1) is 21.4. The van der Waals surface area contributed by atoms with Crippen LogP contribution in [0.25, 0.3) is 0 Å². The number of hydrogen-bond acceptors (Lipinski definition) is 9. The van der Waals surface area contributed by atoms with Crippen molar-refractivity contribution in [2.24, 2.45) is 5.10 Å². The average Bonchev–Trinajstić information content (AvgIpc) is 3.33. The van der Waals surface area contributed by atoms with Crippen molar-refractivity contribution in [3.05, 3.63) is 46.5 Å². The van der Waals surface area contributed by atoms with E-state index >= 15 is 0 Å². The van der Waals surface area contributed by atoms with Gasteiger partial charge in [-0.1, -0.05) is 36.1 Å². The van der Waals surface area contributed by atoms with Gasteiger partial charge in [-0.15, -0.1) is 21.5 Å². The second kappa shape index (κ2) is 9.16. The van der Waals surface area contributed by atoms with E-state index in [4.69, 9.17) is 4.42 Å². The van der Waals surface area contributed by atoms with Crippen molar-refractivity contribution in [2.45, 2.75) is 49.0 Å². The van der Waals surface area contributed by atoms with Crippen LogP contribution in [0.3, 0.4) is 0 Å². The third-order valence-corrected chi connectivity index (χ3v) is 8.21. The summed E-state index contributed by atoms with van der Waals surface area (Å²) in [5.74, 6) is 0.835. The van der Waals surface area contributed by atoms with Gasteiger partial charge in [-0.25, -0.2) is 5.01 Å². The molecule has 0 N–H and O–H groups in total. The summed E-state index contributed by atoms with van der Waals surface area (Å²) in [5.41, 5.74) is 0.885. The maximum absolute atomic E-state index is 13.1. The van der Waals surface area contributed by atoms with Crippen molar-refractivity contribution < 1.29 is 14.0 Å². The Kier molecular flexibility index (Phi) is 6.11. The predicted octanol–water partition coefficient (Wildman–Crippen LogP) is 4.57. The molecule has 0 unspecified atom stereocenters. The number of carbonyl (C=O) groups is 2. The molecule has 8 nitrogen and oxygen atoms in total. The molecule has 0 saturated heterocycles. The fourth-order valence-corrected chi connectivity index (χ4v) is 6.06. The highest BCUT2D eigenvalue weighted by atomic mass is 32.2. The number of anilines is 1. The maximum atomic E-state index is 13.1. The van der Waals surface area contributed by atoms with E-state index in [1.54, 1.807) is 22.5 Å². The van der Waals surface area contributed by atoms with Gasteiger partial charge in [-0.3, -0.25) is 14.5 Å². The lowest BCUT2D eigenvalue weighted by molar-refractivity contribution is -0.130. The highest BCUT2D eigenvalue weighted by molar-refractivity contribution is 8.01. The van der Waals surface area contributed by atoms with Crippen LogP contribution in [0.2, 0.25) is 0 Å². The number of nitrogens with zero attached hydrogens (tertiary/aromatic N) is 5. The Morgan fingerprint density at radius 3 is 2.84 bits per heavy atom. The summed E-state index contributed by atoms with van der Waals surface area (Å²) in [6, 6.07) is 7.66. The molecule has 5 rings (SSSR count). The molecule has 3 aromatic rings. The van der Waals surface area contributed by atoms with Crippen molar-refractivity contribution in [3.8, 4) is 0 Å². The first-order chi connectivity index (χ1) is 15.6. The molecule has 1 atom stereocenters. The Hall–Kier alpha value is -2.50. The van der Waals surface area contributed by atoms with E-state index in [0.717, 1.165) is 29.2 Å². The summed E-state index contributed by atoms with van der Waals surface area (Å²) >= 11 is 4.29. The van der Waals surface area contributed by atoms with Gasteiger partial charge < -0.3 is 4.42 Å². The molecule has 3 aromatic heterocycles. The normalized spacial score (nSPS) is 18.1. The monoisotopic (exact) mass is 487 g/mol. The number of thioether (sulfide) groups is 1. The summed E-state index contributed by atoms with van der Waals surface area (Å²) in [5, 5.41) is 17.2. The van der Waals surface area contributed by atoms with Gasteiger partial charge in [-0.2, -0.15) is 5.10 Å². The van der Waals surface area contributed by atoms with Crippen LogP contribution < -0.4 is 4.90 Å². The van der Waals surface area contributed by atoms with E-state index in [2.05, 4.69) is 15.3 Å². The number of carbonyl (C=O) groups excluding carboxylic acids is 2. The van der Waals surface area contributed by atoms with Crippen LogP contribution >= 0.6 is 34.4 Å². The van der Waals surface area contributed by atoms with Crippen LogP contribution in [-0.2, 0) is 9.59 Å². The Labute approximate surface area is 197 Å². The van der Waals surface area contributed by atoms with Crippen LogP contribution in [0.15, 0.2) is 49.8 Å². The summed E-state index contributed by atoms with van der Waals surface area (Å²) in [4.78, 5) is 28.2. The maximum Gasteiger partial charge on any atom is 0.253 e. The number of rotatable bonds is 8. The molecule has 2 amide bonds. The van der Waals surface area contributed by atoms with Crippen LogP contribution in [0.1, 0.15) is 49.3 Å². The van der Waals surface area contributed by atoms with E-state index in [0.29, 0.717) is 22.3 Å². The lowest BCUT2D eigenvalue weighted by Crippen LogP contribution is -2.32. The molecule has 1 aliphatic heterocycles. The molecule has 1 aliphatic carbocycles. The fourth-order valence-electron chi connectivity index (χ4n) is 3.55. The van der Waals surface area contributed by atoms with Crippen LogP contribution in [0, 0.1) is 0 Å². The van der Waals surface area contributed by atoms with Crippen molar-refractivity contribution in [2.75, 3.05) is 10.7 Å². The van der Waals surface area contributed by atoms with Crippen molar-refractivity contribution >= 4 is 57.1 Å². The van der Waals surface area contributed by atoms with E-state index < -0.39 is 0 Å². The largest absolute Gasteiger partial charge is 0.467 e. The molecule has 4 heterocycles. The third-order valence-electron chi connectivity index (χ3n) is 5.25. The van der Waals surface area contributed by atoms with Crippen LogP contribution in [0.4, 0.5) is 5.13 Å². The van der Waals surface area contributed by atoms with Crippen LogP contribution in [-0.4, -0.2) is 44.5 Å². The molecule has 1 saturated carbocycles. The number of aromatic nitrogens is 2. The lowest BCUT2D eigenvalue weighted by Gasteiger charge is -2.19. The SMILES string of the molecule is CCC(=O)N(c1nnc(SCC(=O)N2N=C(c3cccs3)C[C@H]2c2ccco2)s1)C1CC1. The van der Waals surface area contributed by atoms with Crippen LogP contribution in [0.5, 0.6) is 0 Å². The second-order valence-corrected chi connectivity index (χ2v) is 10.6. The van der Waals surface area contributed by atoms with Crippen molar-refractivity contribution in [3.63, 3.8) is 0 Å². The number of thiophene rings is 1. The standard InChI is InChI=1S/C21H21N5O3S3/c1-2-18(27)25(13-7-8-13)20-22-23-21(32-20)31-12-19(28)26-15(16-5-3-9-29-16)11-14(24-26)17-6-4-10-30-17/h3-6,9-10,13,15H,2,7-8,11-12H2,1H3/t15-/m0/s1. The summed E-state index contributed by atoms with van der Waals surface area (Å²) in [7, 11) is 0. The quantitative estimate of drug-likeness (QED) is 0.341. The number of furan rings is 1. The zero-order valence-corrected chi connectivity index (χ0v) is 19.8. The van der Waals surface area contributed by atoms with Gasteiger partial charge in [0.2, 0.25) is 11.0 Å². The minimum Gasteiger partial charge on any atom is -0.467 e. The molecule has 2 aliphatic rings. The first-order valence-corrected chi connectivity index (χ1v) is 13.1. The second-order valence-electron chi connectivity index (χ2n) is 7.49. The molecule has 1 fully saturated rings. The average molecular weight is 488 g/mol. The van der Waals surface area contributed by atoms with E-state index in [9.17, 15) is 9.59 Å². The molecule has 11 heteroatoms. The zero-order valence-electron chi connectivity index (χ0n) is 17.3. The van der Waals surface area contributed by atoms with E-state index in [-0.39, 0.29) is 29.7 Å². The Bertz CT molecular complexity index is 1120. The van der Waals surface area contributed by atoms with E-state index in [1.165, 1.54) is 28.1 Å². The summed E-state index contributed by atoms with van der Waals surface area (Å²) in [6.45, 7) is 1.85.